The van der Waals surface area contributed by atoms with Crippen molar-refractivity contribution in [2.75, 3.05) is 26.3 Å². The van der Waals surface area contributed by atoms with Crippen molar-refractivity contribution in [3.05, 3.63) is 0 Å². The Morgan fingerprint density at radius 1 is 1.50 bits per heavy atom. The number of hydrogen-bond acceptors (Lipinski definition) is 3. The van der Waals surface area contributed by atoms with Crippen LogP contribution in [0.15, 0.2) is 0 Å². The second-order valence-corrected chi connectivity index (χ2v) is 4.16. The lowest BCUT2D eigenvalue weighted by Gasteiger charge is -2.11. The molecule has 0 aromatic heterocycles. The Morgan fingerprint density at radius 2 is 2.29 bits per heavy atom. The standard InChI is InChI=1S/C11H23NO2/c1-2-6-12-8-11(13)9-14-7-5-10-3-4-10/h10-13H,2-9H2,1H3. The molecular formula is C11H23NO2. The molecule has 0 aromatic carbocycles. The summed E-state index contributed by atoms with van der Waals surface area (Å²) in [5.74, 6) is 0.922. The largest absolute Gasteiger partial charge is 0.389 e. The van der Waals surface area contributed by atoms with Gasteiger partial charge in [0.25, 0.3) is 0 Å². The molecule has 14 heavy (non-hydrogen) atoms. The first kappa shape index (κ1) is 12.0. The molecule has 1 rings (SSSR count). The lowest BCUT2D eigenvalue weighted by atomic mass is 10.3. The number of nitrogens with one attached hydrogen (secondary N) is 1. The van der Waals surface area contributed by atoms with Crippen molar-refractivity contribution in [1.29, 1.82) is 0 Å². The Morgan fingerprint density at radius 3 is 2.93 bits per heavy atom. The Balaban J connectivity index is 1.78. The second-order valence-electron chi connectivity index (χ2n) is 4.16. The molecule has 0 spiro atoms. The summed E-state index contributed by atoms with van der Waals surface area (Å²) in [7, 11) is 0. The first-order valence-electron chi connectivity index (χ1n) is 5.79. The molecule has 1 aliphatic carbocycles. The Labute approximate surface area is 86.8 Å². The molecule has 2 N–H and O–H groups in total. The van der Waals surface area contributed by atoms with Crippen molar-refractivity contribution in [1.82, 2.24) is 5.32 Å². The maximum atomic E-state index is 9.47. The minimum absolute atomic E-state index is 0.347. The minimum atomic E-state index is -0.347. The molecule has 0 radical (unpaired) electrons. The van der Waals surface area contributed by atoms with Crippen LogP contribution in [0.1, 0.15) is 32.6 Å². The summed E-state index contributed by atoms with van der Waals surface area (Å²) in [6.07, 6.45) is 4.69. The molecule has 0 saturated heterocycles. The lowest BCUT2D eigenvalue weighted by Crippen LogP contribution is -2.30. The Bertz CT molecular complexity index is 137. The van der Waals surface area contributed by atoms with Gasteiger partial charge in [-0.05, 0) is 25.3 Å². The van der Waals surface area contributed by atoms with Gasteiger partial charge in [-0.2, -0.15) is 0 Å². The van der Waals surface area contributed by atoms with Crippen LogP contribution in [0.25, 0.3) is 0 Å². The number of ether oxygens (including phenoxy) is 1. The molecule has 3 heteroatoms. The third-order valence-corrected chi connectivity index (χ3v) is 2.48. The van der Waals surface area contributed by atoms with E-state index >= 15 is 0 Å². The zero-order valence-corrected chi connectivity index (χ0v) is 9.17. The average Bonchev–Trinajstić information content (AvgIpc) is 2.97. The molecule has 0 heterocycles. The minimum Gasteiger partial charge on any atom is -0.389 e. The van der Waals surface area contributed by atoms with E-state index in [1.165, 1.54) is 19.3 Å². The van der Waals surface area contributed by atoms with Crippen LogP contribution in [-0.2, 0) is 4.74 Å². The monoisotopic (exact) mass is 201 g/mol. The SMILES string of the molecule is CCCNCC(O)COCCC1CC1. The fourth-order valence-electron chi connectivity index (χ4n) is 1.38. The highest BCUT2D eigenvalue weighted by molar-refractivity contribution is 4.72. The van der Waals surface area contributed by atoms with Gasteiger partial charge in [0.2, 0.25) is 0 Å². The fraction of sp³-hybridized carbons (Fsp3) is 1.00. The first-order chi connectivity index (χ1) is 6.83. The van der Waals surface area contributed by atoms with Gasteiger partial charge in [-0.15, -0.1) is 0 Å². The smallest absolute Gasteiger partial charge is 0.0897 e. The molecule has 1 fully saturated rings. The van der Waals surface area contributed by atoms with E-state index in [9.17, 15) is 5.11 Å². The molecule has 1 atom stereocenters. The molecule has 1 saturated carbocycles. The predicted octanol–water partition coefficient (Wildman–Crippen LogP) is 1.16. The van der Waals surface area contributed by atoms with E-state index in [4.69, 9.17) is 4.74 Å². The average molecular weight is 201 g/mol. The first-order valence-corrected chi connectivity index (χ1v) is 5.79. The third kappa shape index (κ3) is 6.35. The number of aliphatic hydroxyl groups excluding tert-OH is 1. The van der Waals surface area contributed by atoms with Crippen LogP contribution in [0.3, 0.4) is 0 Å². The maximum absolute atomic E-state index is 9.47. The summed E-state index contributed by atoms with van der Waals surface area (Å²) in [6.45, 7) is 5.03. The van der Waals surface area contributed by atoms with Crippen LogP contribution in [0, 0.1) is 5.92 Å². The van der Waals surface area contributed by atoms with E-state index in [0.717, 1.165) is 25.5 Å². The Hall–Kier alpha value is -0.120. The molecule has 3 nitrogen and oxygen atoms in total. The molecule has 0 bridgehead atoms. The summed E-state index contributed by atoms with van der Waals surface area (Å²) in [5.41, 5.74) is 0. The van der Waals surface area contributed by atoms with E-state index in [2.05, 4.69) is 12.2 Å². The van der Waals surface area contributed by atoms with Gasteiger partial charge in [-0.25, -0.2) is 0 Å². The van der Waals surface area contributed by atoms with Gasteiger partial charge >= 0.3 is 0 Å². The molecule has 84 valence electrons. The van der Waals surface area contributed by atoms with Gasteiger partial charge in [-0.1, -0.05) is 19.8 Å². The van der Waals surface area contributed by atoms with Crippen LogP contribution >= 0.6 is 0 Å². The summed E-state index contributed by atoms with van der Waals surface area (Å²) >= 11 is 0. The summed E-state index contributed by atoms with van der Waals surface area (Å²) in [5, 5.41) is 12.6. The van der Waals surface area contributed by atoms with Crippen LogP contribution < -0.4 is 5.32 Å². The normalized spacial score (nSPS) is 18.4. The van der Waals surface area contributed by atoms with Crippen molar-refractivity contribution < 1.29 is 9.84 Å². The van der Waals surface area contributed by atoms with Crippen LogP contribution in [0.4, 0.5) is 0 Å². The number of aliphatic hydroxyl groups is 1. The maximum Gasteiger partial charge on any atom is 0.0897 e. The van der Waals surface area contributed by atoms with Crippen molar-refractivity contribution in [3.8, 4) is 0 Å². The van der Waals surface area contributed by atoms with Gasteiger partial charge in [0, 0.05) is 13.2 Å². The number of rotatable bonds is 9. The number of hydrogen-bond donors (Lipinski definition) is 2. The molecular weight excluding hydrogens is 178 g/mol. The highest BCUT2D eigenvalue weighted by Gasteiger charge is 2.20. The van der Waals surface area contributed by atoms with Crippen molar-refractivity contribution in [2.45, 2.75) is 38.7 Å². The van der Waals surface area contributed by atoms with Crippen LogP contribution in [0.5, 0.6) is 0 Å². The summed E-state index contributed by atoms with van der Waals surface area (Å²) in [4.78, 5) is 0. The second kappa shape index (κ2) is 7.21. The van der Waals surface area contributed by atoms with E-state index in [1.54, 1.807) is 0 Å². The summed E-state index contributed by atoms with van der Waals surface area (Å²) < 4.78 is 5.39. The van der Waals surface area contributed by atoms with Crippen LogP contribution in [0.2, 0.25) is 0 Å². The quantitative estimate of drug-likeness (QED) is 0.550. The molecule has 0 amide bonds. The summed E-state index contributed by atoms with van der Waals surface area (Å²) in [6, 6.07) is 0. The van der Waals surface area contributed by atoms with E-state index in [1.807, 2.05) is 0 Å². The van der Waals surface area contributed by atoms with Gasteiger partial charge in [0.05, 0.1) is 12.7 Å². The van der Waals surface area contributed by atoms with Crippen molar-refractivity contribution in [3.63, 3.8) is 0 Å². The highest BCUT2D eigenvalue weighted by atomic mass is 16.5. The topological polar surface area (TPSA) is 41.5 Å². The highest BCUT2D eigenvalue weighted by Crippen LogP contribution is 2.31. The Kier molecular flexibility index (Phi) is 6.15. The molecule has 0 aliphatic heterocycles. The van der Waals surface area contributed by atoms with Gasteiger partial charge < -0.3 is 15.2 Å². The molecule has 0 aromatic rings. The van der Waals surface area contributed by atoms with Gasteiger partial charge in [-0.3, -0.25) is 0 Å². The van der Waals surface area contributed by atoms with Crippen molar-refractivity contribution in [2.24, 2.45) is 5.92 Å². The van der Waals surface area contributed by atoms with E-state index in [0.29, 0.717) is 13.2 Å². The molecule has 1 unspecified atom stereocenters. The van der Waals surface area contributed by atoms with Crippen molar-refractivity contribution >= 4 is 0 Å². The third-order valence-electron chi connectivity index (χ3n) is 2.48. The van der Waals surface area contributed by atoms with Gasteiger partial charge in [0.1, 0.15) is 0 Å². The predicted molar refractivity (Wildman–Crippen MR) is 57.3 cm³/mol. The lowest BCUT2D eigenvalue weighted by molar-refractivity contribution is 0.0348. The van der Waals surface area contributed by atoms with Crippen LogP contribution in [-0.4, -0.2) is 37.5 Å². The fourth-order valence-corrected chi connectivity index (χ4v) is 1.38. The van der Waals surface area contributed by atoms with Gasteiger partial charge in [0.15, 0.2) is 0 Å². The molecule has 1 aliphatic rings. The zero-order valence-electron chi connectivity index (χ0n) is 9.17. The zero-order chi connectivity index (χ0) is 10.2. The van der Waals surface area contributed by atoms with E-state index < -0.39 is 0 Å². The van der Waals surface area contributed by atoms with E-state index in [-0.39, 0.29) is 6.10 Å².